The van der Waals surface area contributed by atoms with Gasteiger partial charge in [0.15, 0.2) is 6.10 Å². The van der Waals surface area contributed by atoms with Gasteiger partial charge in [-0.3, -0.25) is 4.79 Å². The molecule has 0 bridgehead atoms. The first-order valence-electron chi connectivity index (χ1n) is 8.15. The van der Waals surface area contributed by atoms with Crippen molar-refractivity contribution in [3.8, 4) is 11.8 Å². The third-order valence-electron chi connectivity index (χ3n) is 4.03. The number of nitriles is 1. The zero-order valence-corrected chi connectivity index (χ0v) is 15.1. The second-order valence-corrected chi connectivity index (χ2v) is 6.78. The Bertz CT molecular complexity index is 681. The van der Waals surface area contributed by atoms with Gasteiger partial charge in [-0.1, -0.05) is 20.8 Å². The number of rotatable bonds is 7. The molecule has 1 aromatic rings. The fourth-order valence-corrected chi connectivity index (χ4v) is 2.14. The molecule has 0 saturated heterocycles. The molecular formula is C18H23F3N2O3. The topological polar surface area (TPSA) is 82.3 Å². The van der Waals surface area contributed by atoms with E-state index in [1.807, 2.05) is 6.92 Å². The van der Waals surface area contributed by atoms with Crippen molar-refractivity contribution >= 4 is 5.91 Å². The maximum Gasteiger partial charge on any atom is 0.417 e. The summed E-state index contributed by atoms with van der Waals surface area (Å²) in [7, 11) is 0. The van der Waals surface area contributed by atoms with Crippen LogP contribution >= 0.6 is 0 Å². The molecule has 1 amide bonds. The van der Waals surface area contributed by atoms with Crippen molar-refractivity contribution in [2.75, 3.05) is 6.61 Å². The Hall–Kier alpha value is -2.27. The number of amides is 1. The Kier molecular flexibility index (Phi) is 7.04. The van der Waals surface area contributed by atoms with E-state index < -0.39 is 41.3 Å². The lowest BCUT2D eigenvalue weighted by molar-refractivity contribution is -0.138. The number of carbonyl (C=O) groups is 1. The molecule has 0 aliphatic heterocycles. The SMILES string of the molecule is CC[C@H](C)NC(=O)[C@H](Oc1ccc(C#N)c(C(F)(F)F)c1)C(C)(C)CO. The fourth-order valence-electron chi connectivity index (χ4n) is 2.14. The molecule has 2 N–H and O–H groups in total. The summed E-state index contributed by atoms with van der Waals surface area (Å²) in [6, 6.07) is 4.21. The molecule has 1 rings (SSSR count). The van der Waals surface area contributed by atoms with Crippen LogP contribution in [0.2, 0.25) is 0 Å². The van der Waals surface area contributed by atoms with Crippen molar-refractivity contribution in [1.82, 2.24) is 5.32 Å². The maximum absolute atomic E-state index is 13.1. The van der Waals surface area contributed by atoms with Crippen molar-refractivity contribution in [3.63, 3.8) is 0 Å². The van der Waals surface area contributed by atoms with Gasteiger partial charge >= 0.3 is 6.18 Å². The van der Waals surface area contributed by atoms with E-state index in [0.29, 0.717) is 12.5 Å². The van der Waals surface area contributed by atoms with Crippen LogP contribution in [0.3, 0.4) is 0 Å². The van der Waals surface area contributed by atoms with Gasteiger partial charge in [0.25, 0.3) is 5.91 Å². The standard InChI is InChI=1S/C18H23F3N2O3/c1-5-11(2)23-16(25)15(17(3,4)10-24)26-13-7-6-12(9-22)14(8-13)18(19,20)21/h6-8,11,15,24H,5,10H2,1-4H3,(H,23,25)/t11-,15-/m0/s1. The van der Waals surface area contributed by atoms with Crippen molar-refractivity contribution in [1.29, 1.82) is 5.26 Å². The lowest BCUT2D eigenvalue weighted by atomic mass is 9.86. The Balaban J connectivity index is 3.24. The van der Waals surface area contributed by atoms with Crippen LogP contribution < -0.4 is 10.1 Å². The first kappa shape index (κ1) is 21.8. The number of halogens is 3. The number of nitrogens with one attached hydrogen (secondary N) is 1. The molecule has 8 heteroatoms. The summed E-state index contributed by atoms with van der Waals surface area (Å²) in [5.41, 5.74) is -2.71. The van der Waals surface area contributed by atoms with Gasteiger partial charge in [-0.15, -0.1) is 0 Å². The number of nitrogens with zero attached hydrogens (tertiary/aromatic N) is 1. The predicted molar refractivity (Wildman–Crippen MR) is 89.3 cm³/mol. The third kappa shape index (κ3) is 5.36. The van der Waals surface area contributed by atoms with Crippen LogP contribution in [-0.2, 0) is 11.0 Å². The van der Waals surface area contributed by atoms with Crippen LogP contribution in [0.1, 0.15) is 45.2 Å². The van der Waals surface area contributed by atoms with Crippen molar-refractivity contribution in [2.24, 2.45) is 5.41 Å². The maximum atomic E-state index is 13.1. The molecule has 0 radical (unpaired) electrons. The highest BCUT2D eigenvalue weighted by Gasteiger charge is 2.39. The van der Waals surface area contributed by atoms with Crippen LogP contribution in [-0.4, -0.2) is 29.8 Å². The molecular weight excluding hydrogens is 349 g/mol. The molecule has 2 atom stereocenters. The fraction of sp³-hybridized carbons (Fsp3) is 0.556. The van der Waals surface area contributed by atoms with E-state index >= 15 is 0 Å². The highest BCUT2D eigenvalue weighted by atomic mass is 19.4. The Morgan fingerprint density at radius 2 is 2.00 bits per heavy atom. The van der Waals surface area contributed by atoms with E-state index in [9.17, 15) is 23.1 Å². The quantitative estimate of drug-likeness (QED) is 0.770. The monoisotopic (exact) mass is 372 g/mol. The zero-order valence-electron chi connectivity index (χ0n) is 15.1. The molecule has 144 valence electrons. The number of alkyl halides is 3. The Labute approximate surface area is 150 Å². The van der Waals surface area contributed by atoms with Crippen molar-refractivity contribution < 1.29 is 27.8 Å². The second kappa shape index (κ2) is 8.41. The van der Waals surface area contributed by atoms with E-state index in [-0.39, 0.29) is 11.8 Å². The summed E-state index contributed by atoms with van der Waals surface area (Å²) in [6.07, 6.45) is -5.28. The number of hydrogen-bond acceptors (Lipinski definition) is 4. The molecule has 0 aliphatic carbocycles. The van der Waals surface area contributed by atoms with Crippen molar-refractivity contribution in [2.45, 2.75) is 52.4 Å². The molecule has 0 heterocycles. The molecule has 0 aromatic heterocycles. The lowest BCUT2D eigenvalue weighted by Gasteiger charge is -2.32. The minimum atomic E-state index is -4.73. The van der Waals surface area contributed by atoms with Gasteiger partial charge in [-0.25, -0.2) is 0 Å². The molecule has 1 aromatic carbocycles. The highest BCUT2D eigenvalue weighted by molar-refractivity contribution is 5.82. The van der Waals surface area contributed by atoms with Gasteiger partial charge in [0.2, 0.25) is 0 Å². The molecule has 0 aliphatic rings. The van der Waals surface area contributed by atoms with Crippen molar-refractivity contribution in [3.05, 3.63) is 29.3 Å². The van der Waals surface area contributed by atoms with Crippen LogP contribution in [0.25, 0.3) is 0 Å². The number of benzene rings is 1. The number of ether oxygens (including phenoxy) is 1. The number of carbonyl (C=O) groups excluding carboxylic acids is 1. The highest BCUT2D eigenvalue weighted by Crippen LogP contribution is 2.35. The van der Waals surface area contributed by atoms with Crippen LogP contribution in [0.15, 0.2) is 18.2 Å². The van der Waals surface area contributed by atoms with Crippen LogP contribution in [0, 0.1) is 16.7 Å². The summed E-state index contributed by atoms with van der Waals surface area (Å²) in [5, 5.41) is 21.1. The minimum Gasteiger partial charge on any atom is -0.480 e. The third-order valence-corrected chi connectivity index (χ3v) is 4.03. The molecule has 0 fully saturated rings. The van der Waals surface area contributed by atoms with E-state index in [2.05, 4.69) is 5.32 Å². The minimum absolute atomic E-state index is 0.158. The Morgan fingerprint density at radius 1 is 1.38 bits per heavy atom. The van der Waals surface area contributed by atoms with E-state index in [1.165, 1.54) is 12.1 Å². The molecule has 0 spiro atoms. The number of aliphatic hydroxyl groups is 1. The van der Waals surface area contributed by atoms with E-state index in [0.717, 1.165) is 6.07 Å². The largest absolute Gasteiger partial charge is 0.480 e. The average molecular weight is 372 g/mol. The predicted octanol–water partition coefficient (Wildman–Crippen LogP) is 3.26. The van der Waals surface area contributed by atoms with Gasteiger partial charge in [0.1, 0.15) is 5.75 Å². The first-order valence-corrected chi connectivity index (χ1v) is 8.15. The van der Waals surface area contributed by atoms with Gasteiger partial charge in [0, 0.05) is 11.5 Å². The molecule has 0 saturated carbocycles. The first-order chi connectivity index (χ1) is 12.0. The van der Waals surface area contributed by atoms with E-state index in [1.54, 1.807) is 20.8 Å². The van der Waals surface area contributed by atoms with E-state index in [4.69, 9.17) is 10.00 Å². The summed E-state index contributed by atoms with van der Waals surface area (Å²) in [5.74, 6) is -0.738. The zero-order chi connectivity index (χ0) is 20.1. The summed E-state index contributed by atoms with van der Waals surface area (Å²) in [4.78, 5) is 12.5. The van der Waals surface area contributed by atoms with Gasteiger partial charge < -0.3 is 15.2 Å². The normalized spacial score (nSPS) is 14.3. The molecule has 5 nitrogen and oxygen atoms in total. The van der Waals surface area contributed by atoms with Crippen LogP contribution in [0.5, 0.6) is 5.75 Å². The van der Waals surface area contributed by atoms with Gasteiger partial charge in [-0.05, 0) is 31.5 Å². The second-order valence-electron chi connectivity index (χ2n) is 6.78. The summed E-state index contributed by atoms with van der Waals surface area (Å²) in [6.45, 7) is 6.39. The average Bonchev–Trinajstić information content (AvgIpc) is 2.58. The number of aliphatic hydroxyl groups excluding tert-OH is 1. The van der Waals surface area contributed by atoms with Gasteiger partial charge in [-0.2, -0.15) is 18.4 Å². The van der Waals surface area contributed by atoms with Gasteiger partial charge in [0.05, 0.1) is 23.8 Å². The lowest BCUT2D eigenvalue weighted by Crippen LogP contribution is -2.51. The molecule has 0 unspecified atom stereocenters. The summed E-state index contributed by atoms with van der Waals surface area (Å²) >= 11 is 0. The molecule has 26 heavy (non-hydrogen) atoms. The Morgan fingerprint density at radius 3 is 2.46 bits per heavy atom. The van der Waals surface area contributed by atoms with Crippen LogP contribution in [0.4, 0.5) is 13.2 Å². The summed E-state index contributed by atoms with van der Waals surface area (Å²) < 4.78 is 44.8. The smallest absolute Gasteiger partial charge is 0.417 e. The number of hydrogen-bond donors (Lipinski definition) is 2.